The molecule has 0 aliphatic carbocycles. The van der Waals surface area contributed by atoms with Crippen LogP contribution in [0.4, 0.5) is 5.69 Å². The van der Waals surface area contributed by atoms with E-state index in [4.69, 9.17) is 9.47 Å². The third kappa shape index (κ3) is 3.21. The normalized spacial score (nSPS) is 12.8. The van der Waals surface area contributed by atoms with Crippen LogP contribution in [-0.2, 0) is 12.8 Å². The minimum atomic E-state index is 0.0489. The van der Waals surface area contributed by atoms with Crippen molar-refractivity contribution in [3.8, 4) is 22.8 Å². The van der Waals surface area contributed by atoms with Gasteiger partial charge in [-0.15, -0.1) is 0 Å². The fraction of sp³-hybridized carbons (Fsp3) is 0.222. The molecule has 1 aliphatic heterocycles. The Bertz CT molecular complexity index is 1320. The Morgan fingerprint density at radius 1 is 1.00 bits per heavy atom. The van der Waals surface area contributed by atoms with Gasteiger partial charge in [0.25, 0.3) is 5.91 Å². The second-order valence-corrected chi connectivity index (χ2v) is 8.00. The molecule has 1 aliphatic rings. The van der Waals surface area contributed by atoms with E-state index in [2.05, 4.69) is 18.0 Å². The molecule has 0 saturated carbocycles. The van der Waals surface area contributed by atoms with Crippen LogP contribution < -0.4 is 14.4 Å². The van der Waals surface area contributed by atoms with E-state index in [1.807, 2.05) is 59.5 Å². The summed E-state index contributed by atoms with van der Waals surface area (Å²) in [5.74, 6) is 1.44. The predicted octanol–water partition coefficient (Wildman–Crippen LogP) is 5.62. The Hall–Kier alpha value is -3.73. The van der Waals surface area contributed by atoms with Crippen LogP contribution in [0.3, 0.4) is 0 Å². The predicted molar refractivity (Wildman–Crippen MR) is 128 cm³/mol. The number of carbonyl (C=O) groups excluding carboxylic acids is 1. The molecule has 5 heteroatoms. The molecular weight excluding hydrogens is 400 g/mol. The maximum atomic E-state index is 13.4. The van der Waals surface area contributed by atoms with Crippen molar-refractivity contribution in [2.24, 2.45) is 0 Å². The molecule has 3 aromatic carbocycles. The number of benzene rings is 3. The van der Waals surface area contributed by atoms with Gasteiger partial charge in [-0.3, -0.25) is 4.79 Å². The van der Waals surface area contributed by atoms with Crippen LogP contribution in [0, 0.1) is 0 Å². The van der Waals surface area contributed by atoms with E-state index in [9.17, 15) is 4.79 Å². The average molecular weight is 427 g/mol. The third-order valence-electron chi connectivity index (χ3n) is 6.31. The zero-order valence-corrected chi connectivity index (χ0v) is 18.6. The van der Waals surface area contributed by atoms with Gasteiger partial charge in [0.2, 0.25) is 0 Å². The van der Waals surface area contributed by atoms with E-state index < -0.39 is 0 Å². The largest absolute Gasteiger partial charge is 0.493 e. The molecule has 2 heterocycles. The number of fused-ring (bicyclic) bond motifs is 2. The SMILES string of the molecule is CCc1c(-c2ccc(OC)c(OC)c2)[nH]c2ccc(C(=O)N3CCc4ccccc43)cc12. The molecule has 5 rings (SSSR count). The van der Waals surface area contributed by atoms with Gasteiger partial charge in [-0.2, -0.15) is 0 Å². The summed E-state index contributed by atoms with van der Waals surface area (Å²) in [5, 5.41) is 1.08. The maximum absolute atomic E-state index is 13.4. The van der Waals surface area contributed by atoms with E-state index >= 15 is 0 Å². The summed E-state index contributed by atoms with van der Waals surface area (Å²) in [4.78, 5) is 18.8. The molecule has 5 nitrogen and oxygen atoms in total. The number of nitrogens with zero attached hydrogens (tertiary/aromatic N) is 1. The Morgan fingerprint density at radius 3 is 2.59 bits per heavy atom. The van der Waals surface area contributed by atoms with Crippen molar-refractivity contribution >= 4 is 22.5 Å². The topological polar surface area (TPSA) is 54.6 Å². The Morgan fingerprint density at radius 2 is 1.81 bits per heavy atom. The van der Waals surface area contributed by atoms with Crippen LogP contribution in [0.25, 0.3) is 22.2 Å². The number of para-hydroxylation sites is 1. The second-order valence-electron chi connectivity index (χ2n) is 8.00. The number of rotatable bonds is 5. The molecule has 1 N–H and O–H groups in total. The van der Waals surface area contributed by atoms with Crippen LogP contribution in [0.1, 0.15) is 28.4 Å². The summed E-state index contributed by atoms with van der Waals surface area (Å²) in [6.07, 6.45) is 1.74. The van der Waals surface area contributed by atoms with Crippen LogP contribution in [0.15, 0.2) is 60.7 Å². The molecule has 0 radical (unpaired) electrons. The van der Waals surface area contributed by atoms with E-state index in [-0.39, 0.29) is 5.91 Å². The van der Waals surface area contributed by atoms with Crippen molar-refractivity contribution in [3.05, 3.63) is 77.4 Å². The fourth-order valence-electron chi connectivity index (χ4n) is 4.69. The Labute approximate surface area is 187 Å². The number of methoxy groups -OCH3 is 2. The summed E-state index contributed by atoms with van der Waals surface area (Å²) in [7, 11) is 3.28. The molecule has 4 aromatic rings. The molecule has 0 fully saturated rings. The summed E-state index contributed by atoms with van der Waals surface area (Å²) < 4.78 is 10.9. The minimum absolute atomic E-state index is 0.0489. The lowest BCUT2D eigenvalue weighted by Gasteiger charge is -2.17. The number of H-pyrrole nitrogens is 1. The Balaban J connectivity index is 1.56. The summed E-state index contributed by atoms with van der Waals surface area (Å²) in [6.45, 7) is 2.86. The molecule has 162 valence electrons. The summed E-state index contributed by atoms with van der Waals surface area (Å²) in [5.41, 5.74) is 7.23. The maximum Gasteiger partial charge on any atom is 0.258 e. The van der Waals surface area contributed by atoms with E-state index in [1.54, 1.807) is 14.2 Å². The van der Waals surface area contributed by atoms with Gasteiger partial charge in [0, 0.05) is 40.0 Å². The standard InChI is InChI=1S/C27H26N2O3/c1-4-20-21-15-19(27(30)29-14-13-17-7-5-6-8-23(17)29)9-11-22(21)28-26(20)18-10-12-24(31-2)25(16-18)32-3/h5-12,15-16,28H,4,13-14H2,1-3H3. The number of anilines is 1. The van der Waals surface area contributed by atoms with E-state index in [0.29, 0.717) is 17.1 Å². The van der Waals surface area contributed by atoms with Crippen LogP contribution in [0.5, 0.6) is 11.5 Å². The molecule has 32 heavy (non-hydrogen) atoms. The van der Waals surface area contributed by atoms with Crippen molar-refractivity contribution in [1.29, 1.82) is 0 Å². The van der Waals surface area contributed by atoms with Gasteiger partial charge in [0.15, 0.2) is 11.5 Å². The number of amides is 1. The highest BCUT2D eigenvalue weighted by atomic mass is 16.5. The average Bonchev–Trinajstić information content (AvgIpc) is 3.44. The summed E-state index contributed by atoms with van der Waals surface area (Å²) in [6, 6.07) is 20.0. The molecule has 0 spiro atoms. The lowest BCUT2D eigenvalue weighted by Crippen LogP contribution is -2.28. The van der Waals surface area contributed by atoms with Gasteiger partial charge >= 0.3 is 0 Å². The van der Waals surface area contributed by atoms with E-state index in [0.717, 1.165) is 47.2 Å². The highest BCUT2D eigenvalue weighted by Crippen LogP contribution is 2.37. The first kappa shape index (κ1) is 20.2. The van der Waals surface area contributed by atoms with Gasteiger partial charge in [0.1, 0.15) is 0 Å². The number of aromatic amines is 1. The fourth-order valence-corrected chi connectivity index (χ4v) is 4.69. The lowest BCUT2D eigenvalue weighted by molar-refractivity contribution is 0.0989. The van der Waals surface area contributed by atoms with Crippen molar-refractivity contribution in [3.63, 3.8) is 0 Å². The quantitative estimate of drug-likeness (QED) is 0.451. The van der Waals surface area contributed by atoms with Crippen LogP contribution in [-0.4, -0.2) is 31.7 Å². The smallest absolute Gasteiger partial charge is 0.258 e. The highest BCUT2D eigenvalue weighted by Gasteiger charge is 2.25. The van der Waals surface area contributed by atoms with Gasteiger partial charge < -0.3 is 19.4 Å². The molecule has 0 saturated heterocycles. The third-order valence-corrected chi connectivity index (χ3v) is 6.31. The molecular formula is C27H26N2O3. The van der Waals surface area contributed by atoms with Gasteiger partial charge in [-0.1, -0.05) is 25.1 Å². The van der Waals surface area contributed by atoms with Crippen LogP contribution in [0.2, 0.25) is 0 Å². The number of ether oxygens (including phenoxy) is 2. The van der Waals surface area contributed by atoms with Crippen molar-refractivity contribution < 1.29 is 14.3 Å². The minimum Gasteiger partial charge on any atom is -0.493 e. The van der Waals surface area contributed by atoms with E-state index in [1.165, 1.54) is 11.1 Å². The number of hydrogen-bond donors (Lipinski definition) is 1. The zero-order chi connectivity index (χ0) is 22.2. The van der Waals surface area contributed by atoms with Crippen molar-refractivity contribution in [2.75, 3.05) is 25.7 Å². The molecule has 1 aromatic heterocycles. The molecule has 0 unspecified atom stereocenters. The zero-order valence-electron chi connectivity index (χ0n) is 18.6. The van der Waals surface area contributed by atoms with Gasteiger partial charge in [-0.25, -0.2) is 0 Å². The molecule has 1 amide bonds. The Kier molecular flexibility index (Phi) is 5.10. The first-order valence-electron chi connectivity index (χ1n) is 10.9. The number of carbonyl (C=O) groups is 1. The van der Waals surface area contributed by atoms with Crippen molar-refractivity contribution in [2.45, 2.75) is 19.8 Å². The first-order valence-corrected chi connectivity index (χ1v) is 10.9. The number of hydrogen-bond acceptors (Lipinski definition) is 3. The molecule has 0 bridgehead atoms. The van der Waals surface area contributed by atoms with Gasteiger partial charge in [0.05, 0.1) is 14.2 Å². The number of aryl methyl sites for hydroxylation is 1. The number of nitrogens with one attached hydrogen (secondary N) is 1. The van der Waals surface area contributed by atoms with Crippen LogP contribution >= 0.6 is 0 Å². The van der Waals surface area contributed by atoms with Crippen molar-refractivity contribution in [1.82, 2.24) is 4.98 Å². The highest BCUT2D eigenvalue weighted by molar-refractivity contribution is 6.09. The first-order chi connectivity index (χ1) is 15.6. The van der Waals surface area contributed by atoms with Gasteiger partial charge in [-0.05, 0) is 66.4 Å². The number of aromatic nitrogens is 1. The lowest BCUT2D eigenvalue weighted by atomic mass is 10.0. The second kappa shape index (κ2) is 8.08. The monoisotopic (exact) mass is 426 g/mol. The molecule has 0 atom stereocenters. The summed E-state index contributed by atoms with van der Waals surface area (Å²) >= 11 is 0.